The van der Waals surface area contributed by atoms with Crippen LogP contribution in [-0.2, 0) is 11.1 Å². The summed E-state index contributed by atoms with van der Waals surface area (Å²) >= 11 is 0. The zero-order valence-corrected chi connectivity index (χ0v) is 25.8. The highest BCUT2D eigenvalue weighted by Crippen LogP contribution is 2.38. The normalized spacial score (nSPS) is 12.6. The summed E-state index contributed by atoms with van der Waals surface area (Å²) < 4.78 is 0. The molecule has 3 rings (SSSR count). The first kappa shape index (κ1) is 29.7. The lowest BCUT2D eigenvalue weighted by Gasteiger charge is -2.33. The van der Waals surface area contributed by atoms with Crippen molar-refractivity contribution >= 4 is 11.4 Å². The quantitative estimate of drug-likeness (QED) is 0.283. The predicted octanol–water partition coefficient (Wildman–Crippen LogP) is 9.66. The molecule has 4 nitrogen and oxygen atoms in total. The van der Waals surface area contributed by atoms with E-state index in [2.05, 4.69) is 142 Å². The minimum absolute atomic E-state index is 0.382. The second kappa shape index (κ2) is 11.5. The van der Waals surface area contributed by atoms with Crippen LogP contribution in [-0.4, -0.2) is 10.2 Å². The summed E-state index contributed by atoms with van der Waals surface area (Å²) in [6.45, 7) is 26.8. The standard InChI is InChI=1S/C34H50N4/c1-21(2)25-15-13-16-26(22(3)4)31(25)35-33(9,10)29-19-20-30(38-37-29)34(11,12)36-32-27(23(5)6)17-14-18-28(32)24(7)8/h13-24,35-36H,1-12H3. The Kier molecular flexibility index (Phi) is 8.96. The molecule has 0 saturated heterocycles. The molecule has 0 aliphatic carbocycles. The fraction of sp³-hybridized carbons (Fsp3) is 0.529. The Balaban J connectivity index is 1.94. The lowest BCUT2D eigenvalue weighted by atomic mass is 9.89. The van der Waals surface area contributed by atoms with E-state index in [1.165, 1.54) is 33.6 Å². The van der Waals surface area contributed by atoms with Crippen LogP contribution in [0.2, 0.25) is 0 Å². The largest absolute Gasteiger partial charge is 0.374 e. The van der Waals surface area contributed by atoms with Gasteiger partial charge < -0.3 is 10.6 Å². The van der Waals surface area contributed by atoms with Gasteiger partial charge in [0, 0.05) is 11.4 Å². The van der Waals surface area contributed by atoms with Crippen molar-refractivity contribution in [2.24, 2.45) is 0 Å². The van der Waals surface area contributed by atoms with E-state index in [0.29, 0.717) is 23.7 Å². The van der Waals surface area contributed by atoms with Gasteiger partial charge in [-0.2, -0.15) is 10.2 Å². The van der Waals surface area contributed by atoms with Crippen molar-refractivity contribution in [1.82, 2.24) is 10.2 Å². The van der Waals surface area contributed by atoms with Crippen LogP contribution in [0, 0.1) is 0 Å². The van der Waals surface area contributed by atoms with Crippen LogP contribution < -0.4 is 10.6 Å². The first-order valence-electron chi connectivity index (χ1n) is 14.3. The lowest BCUT2D eigenvalue weighted by Crippen LogP contribution is -2.33. The number of hydrogen-bond donors (Lipinski definition) is 2. The molecule has 2 aromatic carbocycles. The molecule has 0 radical (unpaired) electrons. The van der Waals surface area contributed by atoms with Crippen molar-refractivity contribution in [3.63, 3.8) is 0 Å². The van der Waals surface area contributed by atoms with Gasteiger partial charge in [0.2, 0.25) is 0 Å². The summed E-state index contributed by atoms with van der Waals surface area (Å²) in [6.07, 6.45) is 0. The molecule has 0 saturated carbocycles. The van der Waals surface area contributed by atoms with Gasteiger partial charge in [0.15, 0.2) is 0 Å². The topological polar surface area (TPSA) is 49.8 Å². The van der Waals surface area contributed by atoms with Crippen molar-refractivity contribution in [2.45, 2.75) is 118 Å². The van der Waals surface area contributed by atoms with Gasteiger partial charge in [-0.1, -0.05) is 91.8 Å². The van der Waals surface area contributed by atoms with Gasteiger partial charge in [-0.3, -0.25) is 0 Å². The summed E-state index contributed by atoms with van der Waals surface area (Å²) in [6, 6.07) is 17.5. The van der Waals surface area contributed by atoms with Crippen LogP contribution in [0.25, 0.3) is 0 Å². The van der Waals surface area contributed by atoms with Gasteiger partial charge in [-0.15, -0.1) is 0 Å². The zero-order chi connectivity index (χ0) is 28.4. The molecular weight excluding hydrogens is 464 g/mol. The van der Waals surface area contributed by atoms with E-state index in [4.69, 9.17) is 10.2 Å². The van der Waals surface area contributed by atoms with E-state index in [0.717, 1.165) is 11.4 Å². The summed E-state index contributed by atoms with van der Waals surface area (Å²) in [5.74, 6) is 1.71. The lowest BCUT2D eigenvalue weighted by molar-refractivity contribution is 0.541. The first-order chi connectivity index (χ1) is 17.7. The van der Waals surface area contributed by atoms with Gasteiger partial charge in [0.1, 0.15) is 0 Å². The highest BCUT2D eigenvalue weighted by molar-refractivity contribution is 5.63. The van der Waals surface area contributed by atoms with E-state index in [1.807, 2.05) is 0 Å². The van der Waals surface area contributed by atoms with Crippen LogP contribution in [0.4, 0.5) is 11.4 Å². The van der Waals surface area contributed by atoms with Gasteiger partial charge >= 0.3 is 0 Å². The predicted molar refractivity (Wildman–Crippen MR) is 165 cm³/mol. The number of aromatic nitrogens is 2. The maximum Gasteiger partial charge on any atom is 0.0879 e. The summed E-state index contributed by atoms with van der Waals surface area (Å²) in [5, 5.41) is 17.2. The van der Waals surface area contributed by atoms with Gasteiger partial charge in [-0.05, 0) is 85.8 Å². The third-order valence-corrected chi connectivity index (χ3v) is 7.57. The average molecular weight is 515 g/mol. The Morgan fingerprint density at radius 2 is 0.737 bits per heavy atom. The minimum atomic E-state index is -0.382. The molecule has 0 amide bonds. The SMILES string of the molecule is CC(C)c1cccc(C(C)C)c1NC(C)(C)c1ccc(C(C)(C)Nc2c(C(C)C)cccc2C(C)C)nn1. The van der Waals surface area contributed by atoms with Crippen LogP contribution in [0.15, 0.2) is 48.5 Å². The third-order valence-electron chi connectivity index (χ3n) is 7.57. The van der Waals surface area contributed by atoms with Gasteiger partial charge in [0.05, 0.1) is 22.5 Å². The molecule has 0 aliphatic rings. The average Bonchev–Trinajstić information content (AvgIpc) is 2.83. The molecule has 1 heterocycles. The molecule has 2 N–H and O–H groups in total. The molecule has 3 aromatic rings. The number of benzene rings is 2. The Hall–Kier alpha value is -2.88. The summed E-state index contributed by atoms with van der Waals surface area (Å²) in [4.78, 5) is 0. The molecular formula is C34H50N4. The molecule has 0 bridgehead atoms. The fourth-order valence-electron chi connectivity index (χ4n) is 5.14. The van der Waals surface area contributed by atoms with Crippen molar-refractivity contribution in [3.05, 3.63) is 82.2 Å². The molecule has 38 heavy (non-hydrogen) atoms. The number of hydrogen-bond acceptors (Lipinski definition) is 4. The van der Waals surface area contributed by atoms with E-state index in [-0.39, 0.29) is 11.1 Å². The second-order valence-electron chi connectivity index (χ2n) is 13.0. The van der Waals surface area contributed by atoms with Gasteiger partial charge in [-0.25, -0.2) is 0 Å². The monoisotopic (exact) mass is 514 g/mol. The molecule has 0 unspecified atom stereocenters. The van der Waals surface area contributed by atoms with Gasteiger partial charge in [0.25, 0.3) is 0 Å². The van der Waals surface area contributed by atoms with Crippen LogP contribution in [0.3, 0.4) is 0 Å². The zero-order valence-electron chi connectivity index (χ0n) is 25.8. The van der Waals surface area contributed by atoms with E-state index >= 15 is 0 Å². The van der Waals surface area contributed by atoms with Crippen LogP contribution in [0.1, 0.15) is 140 Å². The minimum Gasteiger partial charge on any atom is -0.374 e. The molecule has 0 aliphatic heterocycles. The highest BCUT2D eigenvalue weighted by Gasteiger charge is 2.29. The van der Waals surface area contributed by atoms with E-state index < -0.39 is 0 Å². The van der Waals surface area contributed by atoms with E-state index in [1.54, 1.807) is 0 Å². The molecule has 0 spiro atoms. The van der Waals surface area contributed by atoms with Crippen molar-refractivity contribution in [3.8, 4) is 0 Å². The second-order valence-corrected chi connectivity index (χ2v) is 13.0. The molecule has 0 fully saturated rings. The third kappa shape index (κ3) is 6.39. The summed E-state index contributed by atoms with van der Waals surface area (Å²) in [5.41, 5.74) is 8.88. The Bertz CT molecular complexity index is 1070. The first-order valence-corrected chi connectivity index (χ1v) is 14.3. The Morgan fingerprint density at radius 1 is 0.474 bits per heavy atom. The number of para-hydroxylation sites is 2. The fourth-order valence-corrected chi connectivity index (χ4v) is 5.14. The Labute approximate surface area is 232 Å². The number of nitrogens with zero attached hydrogens (tertiary/aromatic N) is 2. The molecule has 206 valence electrons. The Morgan fingerprint density at radius 3 is 0.947 bits per heavy atom. The molecule has 1 aromatic heterocycles. The number of rotatable bonds is 10. The van der Waals surface area contributed by atoms with Crippen LogP contribution >= 0.6 is 0 Å². The van der Waals surface area contributed by atoms with Crippen LogP contribution in [0.5, 0.6) is 0 Å². The maximum absolute atomic E-state index is 4.77. The van der Waals surface area contributed by atoms with E-state index in [9.17, 15) is 0 Å². The summed E-state index contributed by atoms with van der Waals surface area (Å²) in [7, 11) is 0. The number of anilines is 2. The van der Waals surface area contributed by atoms with Crippen molar-refractivity contribution in [2.75, 3.05) is 10.6 Å². The number of nitrogens with one attached hydrogen (secondary N) is 2. The maximum atomic E-state index is 4.77. The van der Waals surface area contributed by atoms with Crippen molar-refractivity contribution in [1.29, 1.82) is 0 Å². The molecule has 4 heteroatoms. The highest BCUT2D eigenvalue weighted by atomic mass is 15.2. The smallest absolute Gasteiger partial charge is 0.0879 e. The van der Waals surface area contributed by atoms with Crippen molar-refractivity contribution < 1.29 is 0 Å². The molecule has 0 atom stereocenters.